The molecule has 0 aromatic carbocycles. The molecule has 1 nitrogen and oxygen atoms in total. The Balaban J connectivity index is 3.49. The van der Waals surface area contributed by atoms with Gasteiger partial charge in [-0.1, -0.05) is 6.92 Å². The summed E-state index contributed by atoms with van der Waals surface area (Å²) in [6, 6.07) is 1.96. The molecular formula is C5H8ClNS. The smallest absolute Gasteiger partial charge is 0.132 e. The van der Waals surface area contributed by atoms with Crippen molar-refractivity contribution in [3.63, 3.8) is 0 Å². The van der Waals surface area contributed by atoms with E-state index >= 15 is 0 Å². The lowest BCUT2D eigenvalue weighted by molar-refractivity contribution is 1.00. The second-order valence-electron chi connectivity index (χ2n) is 1.47. The van der Waals surface area contributed by atoms with Crippen LogP contribution in [-0.4, -0.2) is 16.9 Å². The fourth-order valence-corrected chi connectivity index (χ4v) is 0.833. The van der Waals surface area contributed by atoms with Gasteiger partial charge >= 0.3 is 0 Å². The van der Waals surface area contributed by atoms with Crippen molar-refractivity contribution in [1.82, 2.24) is 0 Å². The molecule has 0 aliphatic rings. The van der Waals surface area contributed by atoms with E-state index in [2.05, 4.69) is 0 Å². The number of thioether (sulfide) groups is 1. The monoisotopic (exact) mass is 149 g/mol. The molecule has 0 aromatic rings. The van der Waals surface area contributed by atoms with Gasteiger partial charge in [0.05, 0.1) is 6.07 Å². The van der Waals surface area contributed by atoms with E-state index < -0.39 is 0 Å². The number of hydrogen-bond donors (Lipinski definition) is 0. The summed E-state index contributed by atoms with van der Waals surface area (Å²) in [5.41, 5.74) is 0. The molecular weight excluding hydrogens is 142 g/mol. The van der Waals surface area contributed by atoms with E-state index in [9.17, 15) is 0 Å². The summed E-state index contributed by atoms with van der Waals surface area (Å²) in [7, 11) is 0. The fourth-order valence-electron chi connectivity index (χ4n) is 0.224. The SMILES string of the molecule is CS[C@@H](C)[C@H](Cl)C#N. The fraction of sp³-hybridized carbons (Fsp3) is 0.800. The maximum atomic E-state index is 8.24. The minimum Gasteiger partial charge on any atom is -0.197 e. The van der Waals surface area contributed by atoms with E-state index in [0.29, 0.717) is 0 Å². The third-order valence-corrected chi connectivity index (χ3v) is 2.55. The third-order valence-electron chi connectivity index (χ3n) is 0.907. The van der Waals surface area contributed by atoms with E-state index in [1.807, 2.05) is 19.2 Å². The van der Waals surface area contributed by atoms with Crippen LogP contribution in [0.25, 0.3) is 0 Å². The van der Waals surface area contributed by atoms with Gasteiger partial charge in [-0.2, -0.15) is 17.0 Å². The Labute approximate surface area is 59.0 Å². The van der Waals surface area contributed by atoms with Crippen LogP contribution in [0.4, 0.5) is 0 Å². The summed E-state index contributed by atoms with van der Waals surface area (Å²) in [4.78, 5) is 0. The summed E-state index contributed by atoms with van der Waals surface area (Å²) in [5, 5.41) is 8.14. The maximum Gasteiger partial charge on any atom is 0.132 e. The van der Waals surface area contributed by atoms with Gasteiger partial charge in [0.1, 0.15) is 5.38 Å². The largest absolute Gasteiger partial charge is 0.197 e. The minimum absolute atomic E-state index is 0.238. The van der Waals surface area contributed by atoms with Crippen molar-refractivity contribution in [2.75, 3.05) is 6.26 Å². The first-order valence-corrected chi connectivity index (χ1v) is 4.01. The molecule has 0 unspecified atom stereocenters. The Morgan fingerprint density at radius 3 is 2.38 bits per heavy atom. The van der Waals surface area contributed by atoms with Crippen LogP contribution in [-0.2, 0) is 0 Å². The van der Waals surface area contributed by atoms with E-state index in [0.717, 1.165) is 0 Å². The van der Waals surface area contributed by atoms with Gasteiger partial charge in [0.2, 0.25) is 0 Å². The van der Waals surface area contributed by atoms with Crippen LogP contribution in [0.1, 0.15) is 6.92 Å². The van der Waals surface area contributed by atoms with Gasteiger partial charge in [-0.25, -0.2) is 0 Å². The molecule has 8 heavy (non-hydrogen) atoms. The quantitative estimate of drug-likeness (QED) is 0.560. The van der Waals surface area contributed by atoms with Crippen LogP contribution in [0.5, 0.6) is 0 Å². The van der Waals surface area contributed by atoms with E-state index in [4.69, 9.17) is 16.9 Å². The number of hydrogen-bond acceptors (Lipinski definition) is 2. The van der Waals surface area contributed by atoms with Crippen LogP contribution in [0.15, 0.2) is 0 Å². The van der Waals surface area contributed by atoms with Gasteiger partial charge in [0.25, 0.3) is 0 Å². The van der Waals surface area contributed by atoms with Crippen LogP contribution >= 0.6 is 23.4 Å². The molecule has 0 N–H and O–H groups in total. The second kappa shape index (κ2) is 4.05. The van der Waals surface area contributed by atoms with E-state index in [1.165, 1.54) is 0 Å². The second-order valence-corrected chi connectivity index (χ2v) is 3.16. The zero-order valence-corrected chi connectivity index (χ0v) is 6.46. The lowest BCUT2D eigenvalue weighted by atomic mass is 10.3. The van der Waals surface area contributed by atoms with Gasteiger partial charge in [-0.3, -0.25) is 0 Å². The van der Waals surface area contributed by atoms with Crippen LogP contribution in [0, 0.1) is 11.3 Å². The molecule has 0 rings (SSSR count). The van der Waals surface area contributed by atoms with Gasteiger partial charge in [0.15, 0.2) is 0 Å². The Hall–Kier alpha value is 0.130. The lowest BCUT2D eigenvalue weighted by Crippen LogP contribution is -2.09. The summed E-state index contributed by atoms with van der Waals surface area (Å²) in [6.07, 6.45) is 1.94. The summed E-state index contributed by atoms with van der Waals surface area (Å²) >= 11 is 7.14. The van der Waals surface area contributed by atoms with Gasteiger partial charge in [-0.05, 0) is 6.26 Å². The van der Waals surface area contributed by atoms with Crippen molar-refractivity contribution in [3.05, 3.63) is 0 Å². The lowest BCUT2D eigenvalue weighted by Gasteiger charge is -2.05. The molecule has 0 fully saturated rings. The van der Waals surface area contributed by atoms with Crippen LogP contribution in [0.3, 0.4) is 0 Å². The van der Waals surface area contributed by atoms with E-state index in [-0.39, 0.29) is 10.6 Å². The number of alkyl halides is 1. The van der Waals surface area contributed by atoms with Crippen molar-refractivity contribution in [2.45, 2.75) is 17.6 Å². The molecule has 0 saturated heterocycles. The first-order valence-electron chi connectivity index (χ1n) is 2.29. The predicted molar refractivity (Wildman–Crippen MR) is 38.2 cm³/mol. The third kappa shape index (κ3) is 2.44. The Kier molecular flexibility index (Phi) is 4.12. The standard InChI is InChI=1S/C5H8ClNS/c1-4(8-2)5(6)3-7/h4-5H,1-2H3/t4-,5+/m0/s1. The number of nitriles is 1. The number of rotatable bonds is 2. The molecule has 0 aromatic heterocycles. The molecule has 0 aliphatic carbocycles. The highest BCUT2D eigenvalue weighted by Crippen LogP contribution is 2.13. The summed E-state index contributed by atoms with van der Waals surface area (Å²) in [5.74, 6) is 0. The average Bonchev–Trinajstić information content (AvgIpc) is 1.84. The van der Waals surface area contributed by atoms with Crippen LogP contribution < -0.4 is 0 Å². The Bertz CT molecular complexity index is 99.1. The zero-order chi connectivity index (χ0) is 6.57. The normalized spacial score (nSPS) is 16.8. The van der Waals surface area contributed by atoms with Gasteiger partial charge in [0, 0.05) is 5.25 Å². The first-order chi connectivity index (χ1) is 3.72. The highest BCUT2D eigenvalue weighted by molar-refractivity contribution is 7.99. The summed E-state index contributed by atoms with van der Waals surface area (Å²) < 4.78 is 0. The molecule has 0 aliphatic heterocycles. The minimum atomic E-state index is -0.343. The van der Waals surface area contributed by atoms with Crippen molar-refractivity contribution in [1.29, 1.82) is 5.26 Å². The molecule has 0 spiro atoms. The predicted octanol–water partition coefficient (Wildman–Crippen LogP) is 1.87. The molecule has 0 amide bonds. The molecule has 46 valence electrons. The topological polar surface area (TPSA) is 23.8 Å². The maximum absolute atomic E-state index is 8.24. The molecule has 0 heterocycles. The average molecular weight is 150 g/mol. The Morgan fingerprint density at radius 1 is 1.75 bits per heavy atom. The van der Waals surface area contributed by atoms with Crippen molar-refractivity contribution < 1.29 is 0 Å². The molecule has 2 atom stereocenters. The van der Waals surface area contributed by atoms with Gasteiger partial charge < -0.3 is 0 Å². The van der Waals surface area contributed by atoms with Gasteiger partial charge in [-0.15, -0.1) is 11.6 Å². The zero-order valence-electron chi connectivity index (χ0n) is 4.89. The molecule has 0 bridgehead atoms. The van der Waals surface area contributed by atoms with E-state index in [1.54, 1.807) is 11.8 Å². The number of nitrogens with zero attached hydrogens (tertiary/aromatic N) is 1. The van der Waals surface area contributed by atoms with Crippen LogP contribution in [0.2, 0.25) is 0 Å². The first kappa shape index (κ1) is 8.13. The Morgan fingerprint density at radius 2 is 2.25 bits per heavy atom. The highest BCUT2D eigenvalue weighted by atomic mass is 35.5. The summed E-state index contributed by atoms with van der Waals surface area (Å²) in [6.45, 7) is 1.94. The highest BCUT2D eigenvalue weighted by Gasteiger charge is 2.10. The number of halogens is 1. The van der Waals surface area contributed by atoms with Crippen molar-refractivity contribution in [3.8, 4) is 6.07 Å². The molecule has 3 heteroatoms. The van der Waals surface area contributed by atoms with Crippen molar-refractivity contribution in [2.24, 2.45) is 0 Å². The molecule has 0 saturated carbocycles. The van der Waals surface area contributed by atoms with Crippen molar-refractivity contribution >= 4 is 23.4 Å². The molecule has 0 radical (unpaired) electrons.